The van der Waals surface area contributed by atoms with Gasteiger partial charge in [0.1, 0.15) is 0 Å². The van der Waals surface area contributed by atoms with Gasteiger partial charge in [-0.15, -0.1) is 11.3 Å². The second kappa shape index (κ2) is 9.75. The van der Waals surface area contributed by atoms with Crippen LogP contribution in [0.25, 0.3) is 10.8 Å². The highest BCUT2D eigenvalue weighted by molar-refractivity contribution is 7.14. The molecule has 0 saturated heterocycles. The fourth-order valence-corrected chi connectivity index (χ4v) is 4.21. The van der Waals surface area contributed by atoms with Gasteiger partial charge in [0.15, 0.2) is 10.8 Å². The Hall–Kier alpha value is -4.18. The second-order valence-electron chi connectivity index (χ2n) is 7.68. The molecule has 2 aromatic heterocycles. The predicted molar refractivity (Wildman–Crippen MR) is 133 cm³/mol. The minimum Gasteiger partial charge on any atom is -0.274 e. The molecule has 0 radical (unpaired) electrons. The van der Waals surface area contributed by atoms with Crippen LogP contribution < -0.4 is 15.9 Å². The van der Waals surface area contributed by atoms with E-state index in [0.717, 1.165) is 0 Å². The van der Waals surface area contributed by atoms with Gasteiger partial charge in [0.25, 0.3) is 11.5 Å². The quantitative estimate of drug-likeness (QED) is 0.337. The Morgan fingerprint density at radius 3 is 2.44 bits per heavy atom. The molecule has 2 heterocycles. The maximum atomic E-state index is 12.8. The molecule has 0 aliphatic heterocycles. The number of nitrogens with one attached hydrogen (secondary N) is 1. The number of carbonyl (C=O) groups is 2. The lowest BCUT2D eigenvalue weighted by molar-refractivity contribution is -0.115. The Labute approximate surface area is 199 Å². The molecule has 10 heteroatoms. The van der Waals surface area contributed by atoms with Crippen LogP contribution in [0.5, 0.6) is 0 Å². The van der Waals surface area contributed by atoms with Crippen LogP contribution >= 0.6 is 11.3 Å². The van der Waals surface area contributed by atoms with Crippen molar-refractivity contribution in [2.75, 3.05) is 4.90 Å². The average molecular weight is 475 g/mol. The predicted octanol–water partition coefficient (Wildman–Crippen LogP) is 3.88. The van der Waals surface area contributed by atoms with Gasteiger partial charge in [-0.1, -0.05) is 36.4 Å². The summed E-state index contributed by atoms with van der Waals surface area (Å²) in [7, 11) is 0. The van der Waals surface area contributed by atoms with Crippen molar-refractivity contribution in [2.45, 2.75) is 26.8 Å². The number of para-hydroxylation sites is 1. The summed E-state index contributed by atoms with van der Waals surface area (Å²) in [6, 6.07) is 15.8. The zero-order valence-electron chi connectivity index (χ0n) is 18.8. The van der Waals surface area contributed by atoms with Crippen LogP contribution in [-0.4, -0.2) is 32.8 Å². The molecule has 0 aliphatic carbocycles. The smallest absolute Gasteiger partial charge is 0.274 e. The third-order valence-corrected chi connectivity index (χ3v) is 5.77. The fraction of sp³-hybridized carbons (Fsp3) is 0.167. The first-order valence-electron chi connectivity index (χ1n) is 10.5. The molecule has 2 amide bonds. The van der Waals surface area contributed by atoms with Crippen molar-refractivity contribution in [3.63, 3.8) is 0 Å². The van der Waals surface area contributed by atoms with Crippen LogP contribution in [0.2, 0.25) is 0 Å². The normalized spacial score (nSPS) is 11.3. The van der Waals surface area contributed by atoms with Crippen molar-refractivity contribution in [1.29, 1.82) is 0 Å². The van der Waals surface area contributed by atoms with E-state index in [4.69, 9.17) is 0 Å². The molecular weight excluding hydrogens is 452 g/mol. The van der Waals surface area contributed by atoms with Gasteiger partial charge in [0.05, 0.1) is 29.0 Å². The largest absolute Gasteiger partial charge is 0.292 e. The van der Waals surface area contributed by atoms with Crippen molar-refractivity contribution in [2.24, 2.45) is 5.10 Å². The zero-order chi connectivity index (χ0) is 24.2. The Kier molecular flexibility index (Phi) is 6.60. The molecule has 34 heavy (non-hydrogen) atoms. The van der Waals surface area contributed by atoms with E-state index < -0.39 is 5.91 Å². The van der Waals surface area contributed by atoms with Gasteiger partial charge in [0.2, 0.25) is 5.91 Å². The summed E-state index contributed by atoms with van der Waals surface area (Å²) >= 11 is 1.28. The highest BCUT2D eigenvalue weighted by Crippen LogP contribution is 2.28. The van der Waals surface area contributed by atoms with E-state index in [2.05, 4.69) is 20.6 Å². The molecule has 0 spiro atoms. The van der Waals surface area contributed by atoms with Crippen molar-refractivity contribution in [3.8, 4) is 0 Å². The molecule has 9 nitrogen and oxygen atoms in total. The third-order valence-electron chi connectivity index (χ3n) is 4.93. The first kappa shape index (κ1) is 23.0. The van der Waals surface area contributed by atoms with Gasteiger partial charge in [-0.2, -0.15) is 10.2 Å². The Balaban J connectivity index is 1.56. The SMILES string of the molecule is CC(=O)N(c1ccccc1)c1nc(/C=N\NC(=O)c2nn(C(C)C)c(=O)c3ccccc23)cs1. The van der Waals surface area contributed by atoms with E-state index >= 15 is 0 Å². The molecule has 4 aromatic rings. The highest BCUT2D eigenvalue weighted by atomic mass is 32.1. The van der Waals surface area contributed by atoms with Crippen LogP contribution in [0, 0.1) is 0 Å². The number of nitrogens with zero attached hydrogens (tertiary/aromatic N) is 5. The first-order valence-corrected chi connectivity index (χ1v) is 11.4. The number of carbonyl (C=O) groups excluding carboxylic acids is 2. The number of hydrogen-bond donors (Lipinski definition) is 1. The summed E-state index contributed by atoms with van der Waals surface area (Å²) in [6.45, 7) is 5.11. The monoisotopic (exact) mass is 474 g/mol. The number of benzene rings is 2. The Morgan fingerprint density at radius 2 is 1.76 bits per heavy atom. The molecule has 0 aliphatic rings. The first-order chi connectivity index (χ1) is 16.4. The maximum absolute atomic E-state index is 12.8. The molecule has 1 N–H and O–H groups in total. The summed E-state index contributed by atoms with van der Waals surface area (Å²) in [5.41, 5.74) is 3.49. The number of fused-ring (bicyclic) bond motifs is 1. The van der Waals surface area contributed by atoms with E-state index in [1.54, 1.807) is 29.6 Å². The topological polar surface area (TPSA) is 110 Å². The average Bonchev–Trinajstić information content (AvgIpc) is 3.28. The molecule has 4 rings (SSSR count). The molecule has 172 valence electrons. The van der Waals surface area contributed by atoms with E-state index in [0.29, 0.717) is 27.3 Å². The van der Waals surface area contributed by atoms with Crippen molar-refractivity contribution < 1.29 is 9.59 Å². The summed E-state index contributed by atoms with van der Waals surface area (Å²) in [4.78, 5) is 43.6. The number of aromatic nitrogens is 3. The number of rotatable bonds is 6. The van der Waals surface area contributed by atoms with Crippen molar-refractivity contribution in [3.05, 3.63) is 81.7 Å². The van der Waals surface area contributed by atoms with Crippen LogP contribution in [-0.2, 0) is 4.79 Å². The molecule has 2 aromatic carbocycles. The fourth-order valence-electron chi connectivity index (χ4n) is 3.38. The van der Waals surface area contributed by atoms with E-state index in [-0.39, 0.29) is 23.2 Å². The number of amides is 2. The lowest BCUT2D eigenvalue weighted by Crippen LogP contribution is -2.30. The van der Waals surface area contributed by atoms with Crippen LogP contribution in [0.1, 0.15) is 43.0 Å². The Morgan fingerprint density at radius 1 is 1.09 bits per heavy atom. The molecular formula is C24H22N6O3S. The summed E-state index contributed by atoms with van der Waals surface area (Å²) in [5, 5.41) is 11.4. The van der Waals surface area contributed by atoms with Crippen LogP contribution in [0.15, 0.2) is 69.9 Å². The van der Waals surface area contributed by atoms with E-state index in [1.807, 2.05) is 44.2 Å². The third kappa shape index (κ3) is 4.62. The van der Waals surface area contributed by atoms with Crippen molar-refractivity contribution in [1.82, 2.24) is 20.2 Å². The summed E-state index contributed by atoms with van der Waals surface area (Å²) < 4.78 is 1.29. The standard InChI is InChI=1S/C24H22N6O3S/c1-15(2)30-23(33)20-12-8-7-11-19(20)21(28-30)22(32)27-25-13-17-14-34-24(26-17)29(16(3)31)18-9-5-4-6-10-18/h4-15H,1-3H3,(H,27,32)/b25-13-. The number of hydrazone groups is 1. The van der Waals surface area contributed by atoms with Gasteiger partial charge in [-0.25, -0.2) is 15.1 Å². The van der Waals surface area contributed by atoms with E-state index in [9.17, 15) is 14.4 Å². The van der Waals surface area contributed by atoms with Gasteiger partial charge in [0, 0.05) is 17.7 Å². The zero-order valence-corrected chi connectivity index (χ0v) is 19.6. The van der Waals surface area contributed by atoms with Crippen LogP contribution in [0.4, 0.5) is 10.8 Å². The molecule has 0 atom stereocenters. The minimum atomic E-state index is -0.549. The van der Waals surface area contributed by atoms with Gasteiger partial charge in [-0.3, -0.25) is 19.3 Å². The molecule has 0 saturated carbocycles. The van der Waals surface area contributed by atoms with Crippen molar-refractivity contribution >= 4 is 51.0 Å². The number of hydrogen-bond acceptors (Lipinski definition) is 7. The lowest BCUT2D eigenvalue weighted by atomic mass is 10.1. The molecule has 0 bridgehead atoms. The highest BCUT2D eigenvalue weighted by Gasteiger charge is 2.19. The maximum Gasteiger partial charge on any atom is 0.292 e. The summed E-state index contributed by atoms with van der Waals surface area (Å²) in [5.74, 6) is -0.720. The summed E-state index contributed by atoms with van der Waals surface area (Å²) in [6.07, 6.45) is 1.39. The lowest BCUT2D eigenvalue weighted by Gasteiger charge is -2.17. The van der Waals surface area contributed by atoms with Gasteiger partial charge >= 0.3 is 0 Å². The second-order valence-corrected chi connectivity index (χ2v) is 8.52. The number of anilines is 2. The minimum absolute atomic E-state index is 0.104. The molecule has 0 unspecified atom stereocenters. The van der Waals surface area contributed by atoms with Gasteiger partial charge in [-0.05, 0) is 32.0 Å². The Bertz CT molecular complexity index is 1440. The van der Waals surface area contributed by atoms with Gasteiger partial charge < -0.3 is 0 Å². The van der Waals surface area contributed by atoms with Crippen LogP contribution in [0.3, 0.4) is 0 Å². The molecule has 0 fully saturated rings. The number of thiazole rings is 1. The van der Waals surface area contributed by atoms with E-state index in [1.165, 1.54) is 34.1 Å².